The van der Waals surface area contributed by atoms with Crippen LogP contribution in [0.25, 0.3) is 0 Å². The normalized spacial score (nSPS) is 10.3. The van der Waals surface area contributed by atoms with Gasteiger partial charge in [-0.15, -0.1) is 0 Å². The Morgan fingerprint density at radius 1 is 1.19 bits per heavy atom. The molecule has 0 atom stereocenters. The number of methoxy groups -OCH3 is 2. The molecule has 8 heteroatoms. The van der Waals surface area contributed by atoms with Crippen LogP contribution >= 0.6 is 0 Å². The van der Waals surface area contributed by atoms with E-state index in [4.69, 9.17) is 14.2 Å². The summed E-state index contributed by atoms with van der Waals surface area (Å²) >= 11 is 0. The third-order valence-electron chi connectivity index (χ3n) is 3.71. The van der Waals surface area contributed by atoms with Crippen molar-refractivity contribution in [3.05, 3.63) is 63.2 Å². The zero-order valence-corrected chi connectivity index (χ0v) is 14.4. The number of hydrogen-bond acceptors (Lipinski definition) is 7. The highest BCUT2D eigenvalue weighted by atomic mass is 16.6. The molecule has 2 aromatic carbocycles. The molecular weight excluding hydrogens is 342 g/mol. The van der Waals surface area contributed by atoms with Crippen LogP contribution in [0.4, 0.5) is 5.69 Å². The molecule has 26 heavy (non-hydrogen) atoms. The van der Waals surface area contributed by atoms with Crippen LogP contribution in [0.3, 0.4) is 0 Å². The molecule has 0 heterocycles. The average molecular weight is 361 g/mol. The molecule has 0 aliphatic carbocycles. The Kier molecular flexibility index (Phi) is 6.51. The Morgan fingerprint density at radius 3 is 2.42 bits per heavy atom. The predicted molar refractivity (Wildman–Crippen MR) is 92.6 cm³/mol. The largest absolute Gasteiger partial charge is 0.493 e. The first-order valence-electron chi connectivity index (χ1n) is 7.77. The number of carbonyl (C=O) groups excluding carboxylic acids is 1. The smallest absolute Gasteiger partial charge is 0.345 e. The predicted octanol–water partition coefficient (Wildman–Crippen LogP) is 2.50. The molecule has 0 aliphatic rings. The van der Waals surface area contributed by atoms with Crippen LogP contribution in [0.2, 0.25) is 0 Å². The van der Waals surface area contributed by atoms with Gasteiger partial charge in [-0.2, -0.15) is 0 Å². The molecule has 0 amide bonds. The number of nitro benzene ring substituents is 1. The topological polar surface area (TPSA) is 108 Å². The first kappa shape index (κ1) is 19.2. The van der Waals surface area contributed by atoms with Crippen molar-refractivity contribution in [2.45, 2.75) is 13.0 Å². The Labute approximate surface area is 150 Å². The summed E-state index contributed by atoms with van der Waals surface area (Å²) in [6, 6.07) is 10.4. The van der Waals surface area contributed by atoms with Crippen LogP contribution < -0.4 is 9.47 Å². The van der Waals surface area contributed by atoms with Crippen LogP contribution in [-0.4, -0.2) is 36.8 Å². The number of benzene rings is 2. The standard InChI is InChI=1S/C18H19NO7/c1-24-14-10-13(8-9-20)15(16(19(22)23)17(14)25-2)18(21)26-11-12-6-4-3-5-7-12/h3-7,10,20H,8-9,11H2,1-2H3. The van der Waals surface area contributed by atoms with Gasteiger partial charge in [-0.3, -0.25) is 10.1 Å². The Hall–Kier alpha value is -3.13. The van der Waals surface area contributed by atoms with E-state index in [2.05, 4.69) is 0 Å². The number of ether oxygens (including phenoxy) is 3. The first-order valence-corrected chi connectivity index (χ1v) is 7.77. The summed E-state index contributed by atoms with van der Waals surface area (Å²) in [5.41, 5.74) is 0.189. The van der Waals surface area contributed by atoms with Gasteiger partial charge in [-0.1, -0.05) is 30.3 Å². The monoisotopic (exact) mass is 361 g/mol. The van der Waals surface area contributed by atoms with Gasteiger partial charge in [-0.05, 0) is 23.6 Å². The average Bonchev–Trinajstić information content (AvgIpc) is 2.65. The minimum atomic E-state index is -0.870. The molecule has 0 fully saturated rings. The fourth-order valence-corrected chi connectivity index (χ4v) is 2.54. The molecule has 0 aromatic heterocycles. The minimum Gasteiger partial charge on any atom is -0.493 e. The van der Waals surface area contributed by atoms with E-state index in [-0.39, 0.29) is 42.3 Å². The van der Waals surface area contributed by atoms with Crippen molar-refractivity contribution < 1.29 is 29.0 Å². The van der Waals surface area contributed by atoms with Crippen molar-refractivity contribution in [2.75, 3.05) is 20.8 Å². The molecule has 0 spiro atoms. The highest BCUT2D eigenvalue weighted by Crippen LogP contribution is 2.42. The lowest BCUT2D eigenvalue weighted by molar-refractivity contribution is -0.386. The number of aliphatic hydroxyl groups excluding tert-OH is 1. The number of nitrogens with zero attached hydrogens (tertiary/aromatic N) is 1. The number of carbonyl (C=O) groups is 1. The molecule has 2 rings (SSSR count). The summed E-state index contributed by atoms with van der Waals surface area (Å²) in [4.78, 5) is 23.5. The highest BCUT2D eigenvalue weighted by Gasteiger charge is 2.33. The lowest BCUT2D eigenvalue weighted by Crippen LogP contribution is -2.14. The second-order valence-electron chi connectivity index (χ2n) is 5.29. The van der Waals surface area contributed by atoms with E-state index in [9.17, 15) is 20.0 Å². The fraction of sp³-hybridized carbons (Fsp3) is 0.278. The Morgan fingerprint density at radius 2 is 1.88 bits per heavy atom. The van der Waals surface area contributed by atoms with Crippen LogP contribution in [0.1, 0.15) is 21.5 Å². The summed E-state index contributed by atoms with van der Waals surface area (Å²) < 4.78 is 15.4. The Bertz CT molecular complexity index is 790. The summed E-state index contributed by atoms with van der Waals surface area (Å²) in [5, 5.41) is 20.9. The fourth-order valence-electron chi connectivity index (χ4n) is 2.54. The molecule has 0 radical (unpaired) electrons. The lowest BCUT2D eigenvalue weighted by atomic mass is 10.0. The van der Waals surface area contributed by atoms with Crippen molar-refractivity contribution >= 4 is 11.7 Å². The molecule has 0 bridgehead atoms. The maximum absolute atomic E-state index is 12.6. The summed E-state index contributed by atoms with van der Waals surface area (Å²) in [5.74, 6) is -0.946. The molecule has 0 aliphatic heterocycles. The van der Waals surface area contributed by atoms with Crippen LogP contribution in [-0.2, 0) is 17.8 Å². The molecule has 1 N–H and O–H groups in total. The van der Waals surface area contributed by atoms with Gasteiger partial charge < -0.3 is 19.3 Å². The second kappa shape index (κ2) is 8.82. The molecule has 0 unspecified atom stereocenters. The zero-order chi connectivity index (χ0) is 19.1. The first-order chi connectivity index (χ1) is 12.5. The summed E-state index contributed by atoms with van der Waals surface area (Å²) in [6.45, 7) is -0.338. The number of esters is 1. The van der Waals surface area contributed by atoms with Crippen molar-refractivity contribution in [1.29, 1.82) is 0 Å². The van der Waals surface area contributed by atoms with E-state index in [0.29, 0.717) is 0 Å². The summed E-state index contributed by atoms with van der Waals surface area (Å²) in [7, 11) is 2.58. The third-order valence-corrected chi connectivity index (χ3v) is 3.71. The number of hydrogen-bond donors (Lipinski definition) is 1. The van der Waals surface area contributed by atoms with Crippen molar-refractivity contribution in [2.24, 2.45) is 0 Å². The quantitative estimate of drug-likeness (QED) is 0.437. The van der Waals surface area contributed by atoms with Crippen molar-refractivity contribution in [1.82, 2.24) is 0 Å². The molecule has 2 aromatic rings. The van der Waals surface area contributed by atoms with Gasteiger partial charge in [0.05, 0.1) is 19.1 Å². The van der Waals surface area contributed by atoms with E-state index >= 15 is 0 Å². The number of nitro groups is 1. The molecule has 8 nitrogen and oxygen atoms in total. The van der Waals surface area contributed by atoms with Gasteiger partial charge in [0, 0.05) is 6.61 Å². The number of rotatable bonds is 8. The highest BCUT2D eigenvalue weighted by molar-refractivity contribution is 5.97. The summed E-state index contributed by atoms with van der Waals surface area (Å²) in [6.07, 6.45) is 0.0248. The number of aliphatic hydroxyl groups is 1. The van der Waals surface area contributed by atoms with E-state index < -0.39 is 16.6 Å². The lowest BCUT2D eigenvalue weighted by Gasteiger charge is -2.15. The Balaban J connectivity index is 2.49. The van der Waals surface area contributed by atoms with Crippen molar-refractivity contribution in [3.63, 3.8) is 0 Å². The van der Waals surface area contributed by atoms with E-state index in [1.807, 2.05) is 6.07 Å². The SMILES string of the molecule is COc1cc(CCO)c(C(=O)OCc2ccccc2)c([N+](=O)[O-])c1OC. The maximum atomic E-state index is 12.6. The second-order valence-corrected chi connectivity index (χ2v) is 5.29. The van der Waals surface area contributed by atoms with Crippen LogP contribution in [0.5, 0.6) is 11.5 Å². The van der Waals surface area contributed by atoms with Gasteiger partial charge in [0.2, 0.25) is 5.75 Å². The maximum Gasteiger partial charge on any atom is 0.345 e. The van der Waals surface area contributed by atoms with Gasteiger partial charge in [0.15, 0.2) is 5.75 Å². The van der Waals surface area contributed by atoms with Crippen LogP contribution in [0.15, 0.2) is 36.4 Å². The molecule has 0 saturated carbocycles. The van der Waals surface area contributed by atoms with Crippen LogP contribution in [0, 0.1) is 10.1 Å². The van der Waals surface area contributed by atoms with E-state index in [1.54, 1.807) is 24.3 Å². The van der Waals surface area contributed by atoms with Gasteiger partial charge in [0.1, 0.15) is 12.2 Å². The van der Waals surface area contributed by atoms with Gasteiger partial charge >= 0.3 is 11.7 Å². The molecule has 138 valence electrons. The zero-order valence-electron chi connectivity index (χ0n) is 14.4. The molecule has 0 saturated heterocycles. The third kappa shape index (κ3) is 4.09. The van der Waals surface area contributed by atoms with E-state index in [0.717, 1.165) is 5.56 Å². The minimum absolute atomic E-state index is 0.0248. The van der Waals surface area contributed by atoms with Crippen molar-refractivity contribution in [3.8, 4) is 11.5 Å². The van der Waals surface area contributed by atoms with E-state index in [1.165, 1.54) is 20.3 Å². The molecular formula is C18H19NO7. The van der Waals surface area contributed by atoms with Gasteiger partial charge in [0.25, 0.3) is 0 Å². The van der Waals surface area contributed by atoms with Gasteiger partial charge in [-0.25, -0.2) is 4.79 Å².